The van der Waals surface area contributed by atoms with E-state index in [1.807, 2.05) is 0 Å². The van der Waals surface area contributed by atoms with Crippen molar-refractivity contribution in [3.05, 3.63) is 0 Å². The molecule has 0 radical (unpaired) electrons. The van der Waals surface area contributed by atoms with Gasteiger partial charge in [-0.05, 0) is 25.7 Å². The van der Waals surface area contributed by atoms with Crippen LogP contribution in [0.2, 0.25) is 0 Å². The van der Waals surface area contributed by atoms with E-state index in [0.717, 1.165) is 12.5 Å². The Bertz CT molecular complexity index is 73.1. The highest BCUT2D eigenvalue weighted by Gasteiger charge is 2.13. The molecule has 0 aromatic carbocycles. The molecule has 0 N–H and O–H groups in total. The zero-order chi connectivity index (χ0) is 8.69. The molecule has 0 saturated carbocycles. The topological polar surface area (TPSA) is 9.23 Å². The summed E-state index contributed by atoms with van der Waals surface area (Å²) < 4.78 is 5.35. The fraction of sp³-hybridized carbons (Fsp3) is 1.00. The van der Waals surface area contributed by atoms with E-state index in [4.69, 9.17) is 4.74 Å². The summed E-state index contributed by atoms with van der Waals surface area (Å²) >= 11 is 0. The van der Waals surface area contributed by atoms with Crippen molar-refractivity contribution in [2.75, 3.05) is 6.61 Å². The van der Waals surface area contributed by atoms with Crippen LogP contribution < -0.4 is 0 Å². The minimum Gasteiger partial charge on any atom is -0.378 e. The minimum atomic E-state index is 0. The van der Waals surface area contributed by atoms with Crippen molar-refractivity contribution in [2.45, 2.75) is 60.5 Å². The number of rotatable bonds is 0. The molecule has 1 rings (SSSR count). The number of hydrogen-bond acceptors (Lipinski definition) is 1. The summed E-state index contributed by atoms with van der Waals surface area (Å²) in [6.45, 7) is 9.66. The van der Waals surface area contributed by atoms with Crippen LogP contribution in [-0.4, -0.2) is 12.7 Å². The molecule has 1 heteroatoms. The molecule has 2 atom stereocenters. The van der Waals surface area contributed by atoms with Crippen molar-refractivity contribution in [2.24, 2.45) is 5.92 Å². The van der Waals surface area contributed by atoms with Crippen molar-refractivity contribution in [1.82, 2.24) is 0 Å². The van der Waals surface area contributed by atoms with Crippen LogP contribution in [0, 0.1) is 5.92 Å². The molecule has 1 fully saturated rings. The molecule has 1 heterocycles. The highest BCUT2D eigenvalue weighted by Crippen LogP contribution is 2.18. The summed E-state index contributed by atoms with van der Waals surface area (Å²) in [5.41, 5.74) is 0. The smallest absolute Gasteiger partial charge is 0.0549 e. The first kappa shape index (κ1) is 14.5. The third-order valence-electron chi connectivity index (χ3n) is 1.75. The second kappa shape index (κ2) is 9.05. The summed E-state index contributed by atoms with van der Waals surface area (Å²) in [6.07, 6.45) is 4.27. The molecule has 12 heavy (non-hydrogen) atoms. The molecule has 1 saturated heterocycles. The fourth-order valence-corrected chi connectivity index (χ4v) is 1.22. The van der Waals surface area contributed by atoms with Crippen molar-refractivity contribution >= 4 is 0 Å². The first-order valence-electron chi connectivity index (χ1n) is 4.82. The largest absolute Gasteiger partial charge is 0.378 e. The lowest BCUT2D eigenvalue weighted by molar-refractivity contribution is 0.00682. The highest BCUT2D eigenvalue weighted by atomic mass is 16.5. The normalized spacial score (nSPS) is 28.0. The molecule has 0 bridgehead atoms. The van der Waals surface area contributed by atoms with Crippen LogP contribution in [-0.2, 0) is 4.74 Å². The van der Waals surface area contributed by atoms with Gasteiger partial charge in [0.05, 0.1) is 6.10 Å². The van der Waals surface area contributed by atoms with E-state index in [0.29, 0.717) is 6.10 Å². The van der Waals surface area contributed by atoms with Crippen molar-refractivity contribution in [1.29, 1.82) is 0 Å². The third kappa shape index (κ3) is 8.06. The van der Waals surface area contributed by atoms with Crippen LogP contribution in [0.4, 0.5) is 0 Å². The molecule has 0 aliphatic carbocycles. The Kier molecular flexibility index (Phi) is 10.9. The zero-order valence-electron chi connectivity index (χ0n) is 8.39. The molecule has 1 aliphatic heterocycles. The summed E-state index contributed by atoms with van der Waals surface area (Å²) in [4.78, 5) is 0. The molecule has 0 spiro atoms. The molecular weight excluding hydrogens is 148 g/mol. The maximum Gasteiger partial charge on any atom is 0.0549 e. The van der Waals surface area contributed by atoms with Crippen LogP contribution in [0.1, 0.15) is 54.4 Å². The second-order valence-corrected chi connectivity index (χ2v) is 3.52. The Hall–Kier alpha value is -0.0400. The number of hydrogen-bond donors (Lipinski definition) is 0. The van der Waals surface area contributed by atoms with Gasteiger partial charge in [0, 0.05) is 6.61 Å². The van der Waals surface area contributed by atoms with Gasteiger partial charge in [0.25, 0.3) is 0 Å². The van der Waals surface area contributed by atoms with Gasteiger partial charge in [-0.2, -0.15) is 0 Å². The minimum absolute atomic E-state index is 0. The van der Waals surface area contributed by atoms with E-state index in [9.17, 15) is 0 Å². The third-order valence-corrected chi connectivity index (χ3v) is 1.75. The Balaban J connectivity index is 0. The van der Waals surface area contributed by atoms with Gasteiger partial charge in [-0.1, -0.05) is 34.6 Å². The van der Waals surface area contributed by atoms with Gasteiger partial charge in [0.2, 0.25) is 0 Å². The van der Waals surface area contributed by atoms with Crippen molar-refractivity contribution < 1.29 is 4.74 Å². The molecule has 76 valence electrons. The summed E-state index contributed by atoms with van der Waals surface area (Å²) in [5, 5.41) is 0. The van der Waals surface area contributed by atoms with Gasteiger partial charge in [0.15, 0.2) is 0 Å². The standard InChI is InChI=1S/C7H14O.C3H8.CH4/c1-6-3-4-8-7(2)5-6;1-3-2;/h6-7H,3-5H2,1-2H3;3H2,1-2H3;1H4/t6-,7-;;/m0../s1. The molecule has 1 aliphatic rings. The van der Waals surface area contributed by atoms with Gasteiger partial charge >= 0.3 is 0 Å². The molecular formula is C11H26O. The van der Waals surface area contributed by atoms with Crippen molar-refractivity contribution in [3.63, 3.8) is 0 Å². The average Bonchev–Trinajstić information content (AvgIpc) is 1.88. The predicted molar refractivity (Wildman–Crippen MR) is 56.5 cm³/mol. The first-order valence-corrected chi connectivity index (χ1v) is 4.82. The van der Waals surface area contributed by atoms with E-state index in [1.54, 1.807) is 0 Å². The first-order chi connectivity index (χ1) is 5.20. The van der Waals surface area contributed by atoms with Crippen LogP contribution in [0.25, 0.3) is 0 Å². The van der Waals surface area contributed by atoms with Crippen molar-refractivity contribution in [3.8, 4) is 0 Å². The lowest BCUT2D eigenvalue weighted by Gasteiger charge is -2.23. The SMILES string of the molecule is C.CCC.C[C@H]1CCO[C@@H](C)C1. The monoisotopic (exact) mass is 174 g/mol. The van der Waals surface area contributed by atoms with E-state index in [-0.39, 0.29) is 7.43 Å². The Labute approximate surface area is 78.5 Å². The molecule has 0 aromatic heterocycles. The van der Waals surface area contributed by atoms with Crippen LogP contribution >= 0.6 is 0 Å². The van der Waals surface area contributed by atoms with Crippen LogP contribution in [0.3, 0.4) is 0 Å². The Morgan fingerprint density at radius 1 is 1.25 bits per heavy atom. The van der Waals surface area contributed by atoms with E-state index >= 15 is 0 Å². The molecule has 1 nitrogen and oxygen atoms in total. The lowest BCUT2D eigenvalue weighted by atomic mass is 9.99. The van der Waals surface area contributed by atoms with Crippen LogP contribution in [0.15, 0.2) is 0 Å². The van der Waals surface area contributed by atoms with Gasteiger partial charge in [0.1, 0.15) is 0 Å². The van der Waals surface area contributed by atoms with E-state index < -0.39 is 0 Å². The number of ether oxygens (including phenoxy) is 1. The van der Waals surface area contributed by atoms with E-state index in [2.05, 4.69) is 27.7 Å². The summed E-state index contributed by atoms with van der Waals surface area (Å²) in [7, 11) is 0. The highest BCUT2D eigenvalue weighted by molar-refractivity contribution is 4.63. The quantitative estimate of drug-likeness (QED) is 0.541. The second-order valence-electron chi connectivity index (χ2n) is 3.52. The van der Waals surface area contributed by atoms with Gasteiger partial charge < -0.3 is 4.74 Å². The van der Waals surface area contributed by atoms with E-state index in [1.165, 1.54) is 19.3 Å². The summed E-state index contributed by atoms with van der Waals surface area (Å²) in [5.74, 6) is 0.888. The van der Waals surface area contributed by atoms with Gasteiger partial charge in [-0.3, -0.25) is 0 Å². The summed E-state index contributed by atoms with van der Waals surface area (Å²) in [6, 6.07) is 0. The zero-order valence-corrected chi connectivity index (χ0v) is 8.39. The maximum absolute atomic E-state index is 5.35. The van der Waals surface area contributed by atoms with Crippen LogP contribution in [0.5, 0.6) is 0 Å². The van der Waals surface area contributed by atoms with Gasteiger partial charge in [-0.15, -0.1) is 0 Å². The lowest BCUT2D eigenvalue weighted by Crippen LogP contribution is -2.20. The molecule has 0 amide bonds. The molecule has 0 unspecified atom stereocenters. The Morgan fingerprint density at radius 3 is 2.00 bits per heavy atom. The fourth-order valence-electron chi connectivity index (χ4n) is 1.22. The Morgan fingerprint density at radius 2 is 1.75 bits per heavy atom. The average molecular weight is 174 g/mol. The maximum atomic E-state index is 5.35. The predicted octanol–water partition coefficient (Wildman–Crippen LogP) is 3.87. The van der Waals surface area contributed by atoms with Gasteiger partial charge in [-0.25, -0.2) is 0 Å². The molecule has 0 aromatic rings.